The van der Waals surface area contributed by atoms with E-state index >= 15 is 0 Å². The number of aromatic nitrogens is 5. The van der Waals surface area contributed by atoms with Crippen molar-refractivity contribution in [2.75, 3.05) is 5.32 Å². The van der Waals surface area contributed by atoms with E-state index in [9.17, 15) is 18.0 Å². The maximum absolute atomic E-state index is 12.9. The Morgan fingerprint density at radius 1 is 1.20 bits per heavy atom. The Bertz CT molecular complexity index is 1280. The van der Waals surface area contributed by atoms with Crippen LogP contribution in [0.5, 0.6) is 0 Å². The highest BCUT2D eigenvalue weighted by molar-refractivity contribution is 7.22. The molecule has 0 aliphatic heterocycles. The van der Waals surface area contributed by atoms with Gasteiger partial charge in [-0.2, -0.15) is 18.2 Å². The van der Waals surface area contributed by atoms with Gasteiger partial charge in [-0.25, -0.2) is 14.5 Å². The standard InChI is InChI=1S/C19H17F3N6OS/c1-4-11-5-6-13-14(7-11)30-18(24-13)25-15(29)8-12-9(2)23-17-26-16(19(20,21)22)27-28(17)10(12)3/h5-7H,4,8H2,1-3H3,(H,24,25,29). The molecule has 0 radical (unpaired) electrons. The summed E-state index contributed by atoms with van der Waals surface area (Å²) >= 11 is 1.37. The number of aryl methyl sites for hydroxylation is 3. The Labute approximate surface area is 173 Å². The van der Waals surface area contributed by atoms with E-state index in [4.69, 9.17) is 0 Å². The van der Waals surface area contributed by atoms with E-state index in [0.29, 0.717) is 22.1 Å². The van der Waals surface area contributed by atoms with Crippen LogP contribution in [0, 0.1) is 13.8 Å². The predicted octanol–water partition coefficient (Wildman–Crippen LogP) is 4.11. The van der Waals surface area contributed by atoms with Gasteiger partial charge in [0, 0.05) is 17.0 Å². The van der Waals surface area contributed by atoms with Gasteiger partial charge in [0.05, 0.1) is 16.6 Å². The van der Waals surface area contributed by atoms with Crippen LogP contribution in [0.15, 0.2) is 18.2 Å². The topological polar surface area (TPSA) is 85.1 Å². The van der Waals surface area contributed by atoms with Crippen LogP contribution in [-0.2, 0) is 23.8 Å². The number of anilines is 1. The molecule has 0 saturated heterocycles. The summed E-state index contributed by atoms with van der Waals surface area (Å²) in [7, 11) is 0. The van der Waals surface area contributed by atoms with E-state index in [1.165, 1.54) is 16.9 Å². The Hall–Kier alpha value is -3.08. The molecule has 0 spiro atoms. The fraction of sp³-hybridized carbons (Fsp3) is 0.316. The smallest absolute Gasteiger partial charge is 0.302 e. The van der Waals surface area contributed by atoms with Gasteiger partial charge in [0.1, 0.15) is 0 Å². The second kappa shape index (κ2) is 7.31. The van der Waals surface area contributed by atoms with Crippen molar-refractivity contribution in [2.45, 2.75) is 39.8 Å². The minimum absolute atomic E-state index is 0.0715. The van der Waals surface area contributed by atoms with Gasteiger partial charge in [-0.3, -0.25) is 4.79 Å². The molecule has 0 aliphatic rings. The van der Waals surface area contributed by atoms with Gasteiger partial charge in [0.2, 0.25) is 5.91 Å². The molecule has 7 nitrogen and oxygen atoms in total. The van der Waals surface area contributed by atoms with Crippen LogP contribution in [0.25, 0.3) is 16.0 Å². The number of nitrogens with one attached hydrogen (secondary N) is 1. The summed E-state index contributed by atoms with van der Waals surface area (Å²) in [6.07, 6.45) is -3.84. The number of thiazole rings is 1. The van der Waals surface area contributed by atoms with Crippen molar-refractivity contribution >= 4 is 38.4 Å². The molecule has 1 aromatic carbocycles. The van der Waals surface area contributed by atoms with Crippen molar-refractivity contribution in [2.24, 2.45) is 0 Å². The first kappa shape index (κ1) is 20.2. The Morgan fingerprint density at radius 3 is 2.67 bits per heavy atom. The van der Waals surface area contributed by atoms with Crippen molar-refractivity contribution in [3.05, 3.63) is 46.5 Å². The molecule has 0 aliphatic carbocycles. The first-order valence-electron chi connectivity index (χ1n) is 9.15. The lowest BCUT2D eigenvalue weighted by molar-refractivity contribution is -0.144. The van der Waals surface area contributed by atoms with E-state index in [-0.39, 0.29) is 18.1 Å². The van der Waals surface area contributed by atoms with Gasteiger partial charge >= 0.3 is 6.18 Å². The first-order valence-corrected chi connectivity index (χ1v) is 9.96. The molecule has 0 bridgehead atoms. The zero-order valence-corrected chi connectivity index (χ0v) is 17.1. The molecule has 0 unspecified atom stereocenters. The predicted molar refractivity (Wildman–Crippen MR) is 107 cm³/mol. The zero-order valence-electron chi connectivity index (χ0n) is 16.3. The van der Waals surface area contributed by atoms with Crippen molar-refractivity contribution in [1.29, 1.82) is 0 Å². The highest BCUT2D eigenvalue weighted by atomic mass is 32.1. The highest BCUT2D eigenvalue weighted by Gasteiger charge is 2.37. The van der Waals surface area contributed by atoms with Crippen LogP contribution < -0.4 is 5.32 Å². The number of carbonyl (C=O) groups excluding carboxylic acids is 1. The monoisotopic (exact) mass is 434 g/mol. The maximum Gasteiger partial charge on any atom is 0.453 e. The van der Waals surface area contributed by atoms with E-state index in [2.05, 4.69) is 32.3 Å². The fourth-order valence-electron chi connectivity index (χ4n) is 3.15. The summed E-state index contributed by atoms with van der Waals surface area (Å²) in [6.45, 7) is 5.28. The average molecular weight is 434 g/mol. The van der Waals surface area contributed by atoms with Crippen LogP contribution in [0.1, 0.15) is 35.3 Å². The van der Waals surface area contributed by atoms with Crippen LogP contribution >= 0.6 is 11.3 Å². The minimum atomic E-state index is -4.67. The summed E-state index contributed by atoms with van der Waals surface area (Å²) in [6, 6.07) is 5.95. The second-order valence-electron chi connectivity index (χ2n) is 6.81. The largest absolute Gasteiger partial charge is 0.453 e. The van der Waals surface area contributed by atoms with Crippen LogP contribution in [0.3, 0.4) is 0 Å². The quantitative estimate of drug-likeness (QED) is 0.522. The fourth-order valence-corrected chi connectivity index (χ4v) is 4.10. The SMILES string of the molecule is CCc1ccc2nc(NC(=O)Cc3c(C)nc4nc(C(F)(F)F)nn4c3C)sc2c1. The summed E-state index contributed by atoms with van der Waals surface area (Å²) in [5, 5.41) is 6.73. The van der Waals surface area contributed by atoms with Gasteiger partial charge in [-0.05, 0) is 38.0 Å². The molecule has 0 fully saturated rings. The summed E-state index contributed by atoms with van der Waals surface area (Å²) in [5.41, 5.74) is 3.28. The van der Waals surface area contributed by atoms with Crippen LogP contribution in [-0.4, -0.2) is 30.5 Å². The summed E-state index contributed by atoms with van der Waals surface area (Å²) < 4.78 is 40.7. The minimum Gasteiger partial charge on any atom is -0.302 e. The van der Waals surface area contributed by atoms with E-state index in [1.54, 1.807) is 13.8 Å². The molecule has 30 heavy (non-hydrogen) atoms. The lowest BCUT2D eigenvalue weighted by atomic mass is 10.1. The Morgan fingerprint density at radius 2 is 1.97 bits per heavy atom. The normalized spacial score (nSPS) is 12.1. The molecule has 4 aromatic rings. The first-order chi connectivity index (χ1) is 14.2. The molecule has 156 valence electrons. The number of nitrogens with zero attached hydrogens (tertiary/aromatic N) is 5. The number of fused-ring (bicyclic) bond motifs is 2. The second-order valence-corrected chi connectivity index (χ2v) is 7.84. The molecule has 3 heterocycles. The summed E-state index contributed by atoms with van der Waals surface area (Å²) in [4.78, 5) is 24.5. The number of carbonyl (C=O) groups is 1. The van der Waals surface area contributed by atoms with E-state index in [1.807, 2.05) is 18.2 Å². The number of benzene rings is 1. The maximum atomic E-state index is 12.9. The van der Waals surface area contributed by atoms with Crippen molar-refractivity contribution in [1.82, 2.24) is 24.6 Å². The van der Waals surface area contributed by atoms with Crippen LogP contribution in [0.4, 0.5) is 18.3 Å². The number of rotatable bonds is 4. The molecule has 3 aromatic heterocycles. The average Bonchev–Trinajstić information content (AvgIpc) is 3.27. The van der Waals surface area contributed by atoms with Crippen molar-refractivity contribution < 1.29 is 18.0 Å². The van der Waals surface area contributed by atoms with Gasteiger partial charge in [-0.1, -0.05) is 24.3 Å². The molecular formula is C19H17F3N6OS. The van der Waals surface area contributed by atoms with E-state index < -0.39 is 12.0 Å². The molecule has 0 saturated carbocycles. The van der Waals surface area contributed by atoms with Gasteiger partial charge in [-0.15, -0.1) is 5.10 Å². The van der Waals surface area contributed by atoms with Crippen molar-refractivity contribution in [3.63, 3.8) is 0 Å². The molecular weight excluding hydrogens is 417 g/mol. The Kier molecular flexibility index (Phi) is 4.92. The molecule has 0 atom stereocenters. The number of hydrogen-bond donors (Lipinski definition) is 1. The van der Waals surface area contributed by atoms with E-state index in [0.717, 1.165) is 21.2 Å². The molecule has 1 N–H and O–H groups in total. The number of hydrogen-bond acceptors (Lipinski definition) is 6. The molecule has 11 heteroatoms. The lowest BCUT2D eigenvalue weighted by Gasteiger charge is -2.09. The highest BCUT2D eigenvalue weighted by Crippen LogP contribution is 2.28. The third kappa shape index (κ3) is 3.72. The number of alkyl halides is 3. The number of halogens is 3. The molecule has 1 amide bonds. The van der Waals surface area contributed by atoms with Crippen molar-refractivity contribution in [3.8, 4) is 0 Å². The lowest BCUT2D eigenvalue weighted by Crippen LogP contribution is -2.17. The molecule has 4 rings (SSSR count). The third-order valence-electron chi connectivity index (χ3n) is 4.75. The van der Waals surface area contributed by atoms with Gasteiger partial charge in [0.15, 0.2) is 5.13 Å². The number of amides is 1. The third-order valence-corrected chi connectivity index (χ3v) is 5.68. The van der Waals surface area contributed by atoms with Gasteiger partial charge in [0.25, 0.3) is 11.6 Å². The van der Waals surface area contributed by atoms with Crippen LogP contribution in [0.2, 0.25) is 0 Å². The summed E-state index contributed by atoms with van der Waals surface area (Å²) in [5.74, 6) is -1.76. The van der Waals surface area contributed by atoms with Gasteiger partial charge < -0.3 is 5.32 Å². The Balaban J connectivity index is 1.59. The zero-order chi connectivity index (χ0) is 21.6.